The lowest BCUT2D eigenvalue weighted by Crippen LogP contribution is -2.12. The van der Waals surface area contributed by atoms with Gasteiger partial charge in [0.1, 0.15) is 5.65 Å². The van der Waals surface area contributed by atoms with E-state index in [1.54, 1.807) is 6.20 Å². The van der Waals surface area contributed by atoms with E-state index >= 15 is 0 Å². The van der Waals surface area contributed by atoms with Crippen molar-refractivity contribution in [1.82, 2.24) is 9.97 Å². The maximum absolute atomic E-state index is 14.0. The van der Waals surface area contributed by atoms with Crippen molar-refractivity contribution in [3.8, 4) is 0 Å². The van der Waals surface area contributed by atoms with Crippen LogP contribution in [0, 0.1) is 11.7 Å². The molecule has 0 saturated heterocycles. The van der Waals surface area contributed by atoms with Crippen LogP contribution in [0.2, 0.25) is 0 Å². The smallest absolute Gasteiger partial charge is 0.152 e. The number of hydrogen-bond acceptors (Lipinski definition) is 2. The maximum Gasteiger partial charge on any atom is 0.152 e. The van der Waals surface area contributed by atoms with Crippen LogP contribution in [0.4, 0.5) is 10.1 Å². The third-order valence-electron chi connectivity index (χ3n) is 3.33. The van der Waals surface area contributed by atoms with Crippen LogP contribution < -0.4 is 5.32 Å². The van der Waals surface area contributed by atoms with E-state index in [4.69, 9.17) is 0 Å². The van der Waals surface area contributed by atoms with Crippen LogP contribution in [0.5, 0.6) is 0 Å². The van der Waals surface area contributed by atoms with Gasteiger partial charge in [-0.2, -0.15) is 0 Å². The van der Waals surface area contributed by atoms with Crippen molar-refractivity contribution in [3.05, 3.63) is 22.7 Å². The van der Waals surface area contributed by atoms with Gasteiger partial charge in [0.2, 0.25) is 0 Å². The summed E-state index contributed by atoms with van der Waals surface area (Å²) in [5.41, 5.74) is 1.35. The monoisotopic (exact) mass is 313 g/mol. The molecule has 0 spiro atoms. The maximum atomic E-state index is 14.0. The Bertz CT molecular complexity index is 534. The standard InChI is InChI=1S/C13H17BrFN3/c1-3-8(4-2)5-16-10-7-18-13-11(10)12(15)9(14)6-17-13/h6-8,16H,3-5H2,1-2H3,(H,17,18). The fraction of sp³-hybridized carbons (Fsp3) is 0.462. The lowest BCUT2D eigenvalue weighted by Gasteiger charge is -2.13. The molecule has 98 valence electrons. The number of H-pyrrole nitrogens is 1. The molecular formula is C13H17BrFN3. The molecule has 18 heavy (non-hydrogen) atoms. The van der Waals surface area contributed by atoms with Gasteiger partial charge >= 0.3 is 0 Å². The number of hydrogen-bond donors (Lipinski definition) is 2. The van der Waals surface area contributed by atoms with Gasteiger partial charge in [-0.1, -0.05) is 26.7 Å². The normalized spacial score (nSPS) is 11.4. The number of nitrogens with zero attached hydrogens (tertiary/aromatic N) is 1. The first-order valence-corrected chi connectivity index (χ1v) is 7.01. The third-order valence-corrected chi connectivity index (χ3v) is 3.88. The van der Waals surface area contributed by atoms with Crippen molar-refractivity contribution in [3.63, 3.8) is 0 Å². The highest BCUT2D eigenvalue weighted by Gasteiger charge is 2.13. The molecule has 2 aromatic heterocycles. The summed E-state index contributed by atoms with van der Waals surface area (Å²) in [6.07, 6.45) is 5.49. The van der Waals surface area contributed by atoms with Crippen molar-refractivity contribution in [2.45, 2.75) is 26.7 Å². The molecule has 0 atom stereocenters. The third kappa shape index (κ3) is 2.51. The summed E-state index contributed by atoms with van der Waals surface area (Å²) in [6, 6.07) is 0. The van der Waals surface area contributed by atoms with Crippen molar-refractivity contribution in [2.24, 2.45) is 5.92 Å². The van der Waals surface area contributed by atoms with Gasteiger partial charge in [-0.25, -0.2) is 9.37 Å². The van der Waals surface area contributed by atoms with E-state index in [-0.39, 0.29) is 5.82 Å². The molecular weight excluding hydrogens is 297 g/mol. The number of pyridine rings is 1. The SMILES string of the molecule is CCC(CC)CNc1c[nH]c2ncc(Br)c(F)c12. The lowest BCUT2D eigenvalue weighted by atomic mass is 10.0. The molecule has 2 heterocycles. The summed E-state index contributed by atoms with van der Waals surface area (Å²) in [4.78, 5) is 7.13. The average Bonchev–Trinajstić information content (AvgIpc) is 2.79. The Kier molecular flexibility index (Phi) is 4.22. The second-order valence-corrected chi connectivity index (χ2v) is 5.26. The van der Waals surface area contributed by atoms with Gasteiger partial charge in [0.15, 0.2) is 5.82 Å². The molecule has 2 N–H and O–H groups in total. The van der Waals surface area contributed by atoms with Gasteiger partial charge in [-0.3, -0.25) is 0 Å². The quantitative estimate of drug-likeness (QED) is 0.863. The Morgan fingerprint density at radius 1 is 1.44 bits per heavy atom. The first-order chi connectivity index (χ1) is 8.67. The topological polar surface area (TPSA) is 40.7 Å². The van der Waals surface area contributed by atoms with E-state index in [1.165, 1.54) is 6.20 Å². The molecule has 0 amide bonds. The number of aromatic amines is 1. The predicted molar refractivity (Wildman–Crippen MR) is 76.3 cm³/mol. The zero-order valence-corrected chi connectivity index (χ0v) is 12.1. The zero-order valence-electron chi connectivity index (χ0n) is 10.6. The summed E-state index contributed by atoms with van der Waals surface area (Å²) >= 11 is 3.16. The Balaban J connectivity index is 2.26. The molecule has 5 heteroatoms. The summed E-state index contributed by atoms with van der Waals surface area (Å²) < 4.78 is 14.4. The van der Waals surface area contributed by atoms with Gasteiger partial charge in [-0.05, 0) is 21.8 Å². The van der Waals surface area contributed by atoms with Crippen molar-refractivity contribution in [1.29, 1.82) is 0 Å². The second-order valence-electron chi connectivity index (χ2n) is 4.41. The lowest BCUT2D eigenvalue weighted by molar-refractivity contribution is 0.519. The van der Waals surface area contributed by atoms with Crippen LogP contribution in [0.3, 0.4) is 0 Å². The molecule has 3 nitrogen and oxygen atoms in total. The minimum atomic E-state index is -0.270. The zero-order chi connectivity index (χ0) is 13.1. The summed E-state index contributed by atoms with van der Waals surface area (Å²) in [6.45, 7) is 5.19. The second kappa shape index (κ2) is 5.69. The molecule has 0 aliphatic heterocycles. The predicted octanol–water partition coefficient (Wildman–Crippen LogP) is 4.31. The van der Waals surface area contributed by atoms with Gasteiger partial charge in [-0.15, -0.1) is 0 Å². The highest BCUT2D eigenvalue weighted by atomic mass is 79.9. The Labute approximate surface area is 114 Å². The van der Waals surface area contributed by atoms with E-state index in [0.29, 0.717) is 21.4 Å². The Morgan fingerprint density at radius 2 is 2.17 bits per heavy atom. The van der Waals surface area contributed by atoms with Crippen LogP contribution >= 0.6 is 15.9 Å². The molecule has 0 aliphatic carbocycles. The molecule has 2 rings (SSSR count). The van der Waals surface area contributed by atoms with Crippen molar-refractivity contribution >= 4 is 32.7 Å². The molecule has 0 aliphatic rings. The number of fused-ring (bicyclic) bond motifs is 1. The van der Waals surface area contributed by atoms with E-state index in [0.717, 1.165) is 25.1 Å². The van der Waals surface area contributed by atoms with Gasteiger partial charge < -0.3 is 10.3 Å². The molecule has 2 aromatic rings. The van der Waals surface area contributed by atoms with Gasteiger partial charge in [0, 0.05) is 18.9 Å². The minimum absolute atomic E-state index is 0.270. The number of aromatic nitrogens is 2. The Hall–Kier alpha value is -1.10. The van der Waals surface area contributed by atoms with Crippen LogP contribution in [0.25, 0.3) is 11.0 Å². The fourth-order valence-corrected chi connectivity index (χ4v) is 2.31. The first-order valence-electron chi connectivity index (χ1n) is 6.22. The van der Waals surface area contributed by atoms with Crippen LogP contribution in [-0.4, -0.2) is 16.5 Å². The highest BCUT2D eigenvalue weighted by Crippen LogP contribution is 2.29. The van der Waals surface area contributed by atoms with E-state index in [9.17, 15) is 4.39 Å². The first kappa shape index (κ1) is 13.3. The van der Waals surface area contributed by atoms with Crippen molar-refractivity contribution < 1.29 is 4.39 Å². The number of rotatable bonds is 5. The largest absolute Gasteiger partial charge is 0.383 e. The highest BCUT2D eigenvalue weighted by molar-refractivity contribution is 9.10. The van der Waals surface area contributed by atoms with E-state index in [1.807, 2.05) is 0 Å². The molecule has 0 radical (unpaired) electrons. The molecule has 0 fully saturated rings. The fourth-order valence-electron chi connectivity index (χ4n) is 2.00. The Morgan fingerprint density at radius 3 is 2.83 bits per heavy atom. The van der Waals surface area contributed by atoms with Crippen LogP contribution in [0.1, 0.15) is 26.7 Å². The summed E-state index contributed by atoms with van der Waals surface area (Å²) in [5.74, 6) is 0.339. The minimum Gasteiger partial charge on any atom is -0.383 e. The van der Waals surface area contributed by atoms with Gasteiger partial charge in [0.25, 0.3) is 0 Å². The molecule has 0 unspecified atom stereocenters. The number of nitrogens with one attached hydrogen (secondary N) is 2. The van der Waals surface area contributed by atoms with Crippen molar-refractivity contribution in [2.75, 3.05) is 11.9 Å². The van der Waals surface area contributed by atoms with Gasteiger partial charge in [0.05, 0.1) is 15.5 Å². The molecule has 0 aromatic carbocycles. The molecule has 0 saturated carbocycles. The van der Waals surface area contributed by atoms with Crippen LogP contribution in [-0.2, 0) is 0 Å². The number of halogens is 2. The van der Waals surface area contributed by atoms with E-state index < -0.39 is 0 Å². The summed E-state index contributed by atoms with van der Waals surface area (Å²) in [5, 5.41) is 3.83. The summed E-state index contributed by atoms with van der Waals surface area (Å²) in [7, 11) is 0. The molecule has 0 bridgehead atoms. The van der Waals surface area contributed by atoms with E-state index in [2.05, 4.69) is 45.1 Å². The van der Waals surface area contributed by atoms with Crippen LogP contribution in [0.15, 0.2) is 16.9 Å². The average molecular weight is 314 g/mol. The number of anilines is 1.